The molecule has 0 saturated carbocycles. The van der Waals surface area contributed by atoms with Crippen LogP contribution in [0.25, 0.3) is 0 Å². The van der Waals surface area contributed by atoms with Crippen molar-refractivity contribution in [2.45, 2.75) is 18.1 Å². The van der Waals surface area contributed by atoms with Crippen molar-refractivity contribution >= 4 is 5.91 Å². The number of nitrogens with zero attached hydrogens (tertiary/aromatic N) is 1. The second-order valence-corrected chi connectivity index (χ2v) is 6.29. The number of likely N-dealkylation sites (tertiary alicyclic amines) is 1. The smallest absolute Gasteiger partial charge is 0.416 e. The molecule has 2 N–H and O–H groups in total. The number of rotatable bonds is 4. The number of carbonyl (C=O) groups is 1. The Balaban J connectivity index is 1.56. The highest BCUT2D eigenvalue weighted by Crippen LogP contribution is 2.30. The number of ether oxygens (including phenoxy) is 1. The Morgan fingerprint density at radius 2 is 1.73 bits per heavy atom. The van der Waals surface area contributed by atoms with Crippen LogP contribution in [0.1, 0.15) is 17.0 Å². The Morgan fingerprint density at radius 3 is 2.35 bits per heavy atom. The SMILES string of the molecule is N[C@@H]1CN(C(=O)COc2ccc(C(F)(F)F)cc2)C[C@H]1c1ccccc1. The van der Waals surface area contributed by atoms with E-state index in [0.717, 1.165) is 17.7 Å². The fourth-order valence-corrected chi connectivity index (χ4v) is 3.06. The van der Waals surface area contributed by atoms with Gasteiger partial charge in [-0.05, 0) is 29.8 Å². The predicted octanol–water partition coefficient (Wildman–Crippen LogP) is 3.04. The first-order valence-electron chi connectivity index (χ1n) is 8.23. The normalized spacial score (nSPS) is 20.2. The minimum absolute atomic E-state index is 0.0613. The lowest BCUT2D eigenvalue weighted by molar-refractivity contribution is -0.137. The Hall–Kier alpha value is -2.54. The summed E-state index contributed by atoms with van der Waals surface area (Å²) in [4.78, 5) is 14.0. The van der Waals surface area contributed by atoms with Crippen LogP contribution < -0.4 is 10.5 Å². The average Bonchev–Trinajstić information content (AvgIpc) is 3.02. The van der Waals surface area contributed by atoms with E-state index >= 15 is 0 Å². The fraction of sp³-hybridized carbons (Fsp3) is 0.316. The largest absolute Gasteiger partial charge is 0.484 e. The second kappa shape index (κ2) is 7.37. The van der Waals surface area contributed by atoms with Crippen LogP contribution in [0.3, 0.4) is 0 Å². The zero-order valence-corrected chi connectivity index (χ0v) is 13.9. The molecule has 1 fully saturated rings. The Bertz CT molecular complexity index is 748. The van der Waals surface area contributed by atoms with Gasteiger partial charge in [0.15, 0.2) is 6.61 Å². The van der Waals surface area contributed by atoms with Crippen LogP contribution in [0.5, 0.6) is 5.75 Å². The van der Waals surface area contributed by atoms with Crippen LogP contribution in [0.4, 0.5) is 13.2 Å². The molecule has 0 unspecified atom stereocenters. The third-order valence-electron chi connectivity index (χ3n) is 4.49. The molecule has 0 bridgehead atoms. The molecule has 26 heavy (non-hydrogen) atoms. The lowest BCUT2D eigenvalue weighted by atomic mass is 9.95. The molecule has 138 valence electrons. The lowest BCUT2D eigenvalue weighted by Gasteiger charge is -2.17. The number of benzene rings is 2. The number of alkyl halides is 3. The lowest BCUT2D eigenvalue weighted by Crippen LogP contribution is -2.35. The Labute approximate surface area is 149 Å². The summed E-state index contributed by atoms with van der Waals surface area (Å²) >= 11 is 0. The molecule has 1 amide bonds. The Kier molecular flexibility index (Phi) is 5.18. The highest BCUT2D eigenvalue weighted by molar-refractivity contribution is 5.78. The van der Waals surface area contributed by atoms with E-state index in [1.807, 2.05) is 30.3 Å². The van der Waals surface area contributed by atoms with E-state index in [4.69, 9.17) is 10.5 Å². The number of halogens is 3. The topological polar surface area (TPSA) is 55.6 Å². The average molecular weight is 364 g/mol. The molecule has 2 atom stereocenters. The van der Waals surface area contributed by atoms with Crippen molar-refractivity contribution in [2.24, 2.45) is 5.73 Å². The second-order valence-electron chi connectivity index (χ2n) is 6.29. The van der Waals surface area contributed by atoms with Crippen LogP contribution in [0, 0.1) is 0 Å². The van der Waals surface area contributed by atoms with Crippen molar-refractivity contribution in [2.75, 3.05) is 19.7 Å². The van der Waals surface area contributed by atoms with Crippen molar-refractivity contribution in [1.82, 2.24) is 4.90 Å². The van der Waals surface area contributed by atoms with Crippen molar-refractivity contribution in [3.05, 3.63) is 65.7 Å². The van der Waals surface area contributed by atoms with Crippen molar-refractivity contribution < 1.29 is 22.7 Å². The maximum atomic E-state index is 12.5. The first-order chi connectivity index (χ1) is 12.3. The summed E-state index contributed by atoms with van der Waals surface area (Å²) in [6, 6.07) is 13.9. The molecule has 0 aromatic heterocycles. The molecule has 4 nitrogen and oxygen atoms in total. The molecular formula is C19H19F3N2O2. The standard InChI is InChI=1S/C19H19F3N2O2/c20-19(21,22)14-6-8-15(9-7-14)26-12-18(25)24-10-16(17(23)11-24)13-4-2-1-3-5-13/h1-9,16-17H,10-12,23H2/t16-,17+/m0/s1. The van der Waals surface area contributed by atoms with Crippen molar-refractivity contribution in [1.29, 1.82) is 0 Å². The number of carbonyl (C=O) groups excluding carboxylic acids is 1. The van der Waals surface area contributed by atoms with Gasteiger partial charge < -0.3 is 15.4 Å². The van der Waals surface area contributed by atoms with Crippen molar-refractivity contribution in [3.63, 3.8) is 0 Å². The number of amides is 1. The summed E-state index contributed by atoms with van der Waals surface area (Å²) in [6.45, 7) is 0.689. The van der Waals surface area contributed by atoms with Gasteiger partial charge in [0.05, 0.1) is 5.56 Å². The van der Waals surface area contributed by atoms with E-state index in [9.17, 15) is 18.0 Å². The number of hydrogen-bond donors (Lipinski definition) is 1. The van der Waals surface area contributed by atoms with Gasteiger partial charge in [-0.25, -0.2) is 0 Å². The number of nitrogens with two attached hydrogens (primary N) is 1. The molecule has 3 rings (SSSR count). The first-order valence-corrected chi connectivity index (χ1v) is 8.23. The minimum atomic E-state index is -4.40. The van der Waals surface area contributed by atoms with Crippen LogP contribution >= 0.6 is 0 Å². The van der Waals surface area contributed by atoms with Crippen LogP contribution in [-0.4, -0.2) is 36.5 Å². The summed E-state index contributed by atoms with van der Waals surface area (Å²) in [5.74, 6) is 0.0412. The quantitative estimate of drug-likeness (QED) is 0.907. The molecule has 2 aromatic rings. The molecule has 1 saturated heterocycles. The zero-order chi connectivity index (χ0) is 18.7. The molecule has 0 radical (unpaired) electrons. The molecule has 0 aliphatic carbocycles. The van der Waals surface area contributed by atoms with E-state index in [2.05, 4.69) is 0 Å². The van der Waals surface area contributed by atoms with Gasteiger partial charge in [-0.1, -0.05) is 30.3 Å². The molecule has 1 aliphatic rings. The molecule has 7 heteroatoms. The highest BCUT2D eigenvalue weighted by atomic mass is 19.4. The van der Waals surface area contributed by atoms with Gasteiger partial charge >= 0.3 is 6.18 Å². The number of hydrogen-bond acceptors (Lipinski definition) is 3. The van der Waals surface area contributed by atoms with E-state index in [0.29, 0.717) is 13.1 Å². The van der Waals surface area contributed by atoms with Gasteiger partial charge in [-0.3, -0.25) is 4.79 Å². The summed E-state index contributed by atoms with van der Waals surface area (Å²) in [6.07, 6.45) is -4.40. The van der Waals surface area contributed by atoms with Gasteiger partial charge in [0.25, 0.3) is 5.91 Å². The summed E-state index contributed by atoms with van der Waals surface area (Å²) in [5.41, 5.74) is 6.49. The van der Waals surface area contributed by atoms with Gasteiger partial charge in [-0.15, -0.1) is 0 Å². The summed E-state index contributed by atoms with van der Waals surface area (Å²) < 4.78 is 42.9. The third kappa shape index (κ3) is 4.16. The molecule has 1 aliphatic heterocycles. The summed E-state index contributed by atoms with van der Waals surface area (Å²) in [5, 5.41) is 0. The van der Waals surface area contributed by atoms with Crippen LogP contribution in [0.2, 0.25) is 0 Å². The Morgan fingerprint density at radius 1 is 1.08 bits per heavy atom. The molecule has 1 heterocycles. The monoisotopic (exact) mass is 364 g/mol. The maximum absolute atomic E-state index is 12.5. The van der Waals surface area contributed by atoms with Crippen LogP contribution in [0.15, 0.2) is 54.6 Å². The fourth-order valence-electron chi connectivity index (χ4n) is 3.06. The van der Waals surface area contributed by atoms with E-state index in [-0.39, 0.29) is 30.2 Å². The zero-order valence-electron chi connectivity index (χ0n) is 13.9. The first kappa shape index (κ1) is 18.3. The van der Waals surface area contributed by atoms with Gasteiger partial charge in [0.1, 0.15) is 5.75 Å². The molecule has 2 aromatic carbocycles. The molecule has 0 spiro atoms. The maximum Gasteiger partial charge on any atom is 0.416 e. The summed E-state index contributed by atoms with van der Waals surface area (Å²) in [7, 11) is 0. The highest BCUT2D eigenvalue weighted by Gasteiger charge is 2.34. The van der Waals surface area contributed by atoms with Gasteiger partial charge in [0.2, 0.25) is 0 Å². The molecular weight excluding hydrogens is 345 g/mol. The van der Waals surface area contributed by atoms with E-state index in [1.165, 1.54) is 12.1 Å². The van der Waals surface area contributed by atoms with E-state index in [1.54, 1.807) is 4.90 Å². The predicted molar refractivity (Wildman–Crippen MR) is 90.7 cm³/mol. The van der Waals surface area contributed by atoms with Gasteiger partial charge in [0, 0.05) is 25.0 Å². The third-order valence-corrected chi connectivity index (χ3v) is 4.49. The minimum Gasteiger partial charge on any atom is -0.484 e. The van der Waals surface area contributed by atoms with E-state index < -0.39 is 11.7 Å². The van der Waals surface area contributed by atoms with Gasteiger partial charge in [-0.2, -0.15) is 13.2 Å². The van der Waals surface area contributed by atoms with Crippen molar-refractivity contribution in [3.8, 4) is 5.75 Å². The van der Waals surface area contributed by atoms with Crippen LogP contribution in [-0.2, 0) is 11.0 Å².